The average molecular weight is 690 g/mol. The lowest BCUT2D eigenvalue weighted by Gasteiger charge is -2.34. The van der Waals surface area contributed by atoms with Crippen molar-refractivity contribution in [3.8, 4) is 0 Å². The number of hydrogen-bond donors (Lipinski definition) is 0. The fourth-order valence-corrected chi connectivity index (χ4v) is 8.06. The molecule has 1 nitrogen and oxygen atoms in total. The van der Waals surface area contributed by atoms with Gasteiger partial charge in [-0.25, -0.2) is 0 Å². The Kier molecular flexibility index (Phi) is 14.2. The maximum absolute atomic E-state index is 4.08. The van der Waals surface area contributed by atoms with Crippen LogP contribution in [-0.2, 0) is 0 Å². The molecular formula is C49H55NS. The molecule has 0 bridgehead atoms. The number of anilines is 3. The van der Waals surface area contributed by atoms with Gasteiger partial charge in [-0.3, -0.25) is 0 Å². The Morgan fingerprint density at radius 2 is 1.53 bits per heavy atom. The molecule has 3 atom stereocenters. The minimum absolute atomic E-state index is 0.321. The molecule has 5 rings (SSSR count). The molecule has 1 fully saturated rings. The average Bonchev–Trinajstić information content (AvgIpc) is 3.17. The number of rotatable bonds is 13. The second-order valence-electron chi connectivity index (χ2n) is 13.6. The molecule has 2 heteroatoms. The van der Waals surface area contributed by atoms with E-state index in [0.29, 0.717) is 11.8 Å². The van der Waals surface area contributed by atoms with E-state index in [0.717, 1.165) is 40.7 Å². The molecule has 1 saturated carbocycles. The maximum atomic E-state index is 4.08. The Morgan fingerprint density at radius 1 is 0.824 bits per heavy atom. The van der Waals surface area contributed by atoms with Crippen molar-refractivity contribution >= 4 is 34.4 Å². The topological polar surface area (TPSA) is 3.24 Å². The zero-order valence-electron chi connectivity index (χ0n) is 31.3. The summed E-state index contributed by atoms with van der Waals surface area (Å²) in [5.41, 5.74) is 10.2. The highest BCUT2D eigenvalue weighted by atomic mass is 32.2. The molecule has 0 N–H and O–H groups in total. The number of allylic oxidation sites excluding steroid dienone is 16. The highest BCUT2D eigenvalue weighted by Gasteiger charge is 2.29. The number of hydrogen-bond acceptors (Lipinski definition) is 2. The van der Waals surface area contributed by atoms with Gasteiger partial charge in [0.05, 0.1) is 0 Å². The molecule has 0 amide bonds. The zero-order valence-corrected chi connectivity index (χ0v) is 32.1. The van der Waals surface area contributed by atoms with Gasteiger partial charge in [0.25, 0.3) is 0 Å². The Balaban J connectivity index is 1.56. The molecule has 0 heterocycles. The van der Waals surface area contributed by atoms with Crippen molar-refractivity contribution in [3.05, 3.63) is 186 Å². The van der Waals surface area contributed by atoms with E-state index < -0.39 is 0 Å². The van der Waals surface area contributed by atoms with Crippen LogP contribution >= 0.6 is 11.8 Å². The van der Waals surface area contributed by atoms with E-state index in [1.54, 1.807) is 17.3 Å². The van der Waals surface area contributed by atoms with Crippen molar-refractivity contribution in [2.45, 2.75) is 77.5 Å². The first kappa shape index (κ1) is 37.7. The van der Waals surface area contributed by atoms with Crippen molar-refractivity contribution < 1.29 is 0 Å². The van der Waals surface area contributed by atoms with Gasteiger partial charge >= 0.3 is 0 Å². The van der Waals surface area contributed by atoms with Gasteiger partial charge in [0, 0.05) is 32.8 Å². The molecule has 3 aromatic rings. The van der Waals surface area contributed by atoms with Crippen LogP contribution in [0.25, 0.3) is 5.57 Å². The predicted octanol–water partition coefficient (Wildman–Crippen LogP) is 15.1. The lowest BCUT2D eigenvalue weighted by Crippen LogP contribution is -2.21. The summed E-state index contributed by atoms with van der Waals surface area (Å²) in [7, 11) is 0. The molecule has 2 aliphatic rings. The van der Waals surface area contributed by atoms with Crippen LogP contribution in [0, 0.1) is 18.8 Å². The van der Waals surface area contributed by atoms with Gasteiger partial charge in [-0.2, -0.15) is 0 Å². The predicted molar refractivity (Wildman–Crippen MR) is 227 cm³/mol. The van der Waals surface area contributed by atoms with Gasteiger partial charge in [0.1, 0.15) is 0 Å². The first-order valence-corrected chi connectivity index (χ1v) is 19.5. The Hall–Kier alpha value is -4.53. The van der Waals surface area contributed by atoms with Gasteiger partial charge in [-0.05, 0) is 136 Å². The molecule has 2 aliphatic carbocycles. The molecule has 0 spiro atoms. The van der Waals surface area contributed by atoms with Crippen LogP contribution in [0.3, 0.4) is 0 Å². The largest absolute Gasteiger partial charge is 0.310 e. The smallest absolute Gasteiger partial charge is 0.0473 e. The number of thioether (sulfide) groups is 1. The van der Waals surface area contributed by atoms with E-state index in [2.05, 4.69) is 185 Å². The summed E-state index contributed by atoms with van der Waals surface area (Å²) in [6.45, 7) is 15.0. The van der Waals surface area contributed by atoms with Crippen LogP contribution in [0.15, 0.2) is 174 Å². The van der Waals surface area contributed by atoms with E-state index in [1.807, 2.05) is 13.0 Å². The van der Waals surface area contributed by atoms with Crippen LogP contribution in [0.1, 0.15) is 82.4 Å². The summed E-state index contributed by atoms with van der Waals surface area (Å²) >= 11 is 1.76. The summed E-state index contributed by atoms with van der Waals surface area (Å²) in [6.07, 6.45) is 36.5. The summed E-state index contributed by atoms with van der Waals surface area (Å²) in [5, 5.41) is 0. The van der Waals surface area contributed by atoms with E-state index in [-0.39, 0.29) is 0 Å². The second kappa shape index (κ2) is 19.2. The summed E-state index contributed by atoms with van der Waals surface area (Å²) in [5.74, 6) is 1.58. The summed E-state index contributed by atoms with van der Waals surface area (Å²) in [6, 6.07) is 25.3. The first-order chi connectivity index (χ1) is 24.9. The number of nitrogens with zero attached hydrogens (tertiary/aromatic N) is 1. The molecule has 3 unspecified atom stereocenters. The number of aryl methyl sites for hydroxylation is 1. The molecule has 262 valence electrons. The van der Waals surface area contributed by atoms with Crippen molar-refractivity contribution in [1.29, 1.82) is 0 Å². The summed E-state index contributed by atoms with van der Waals surface area (Å²) < 4.78 is 0. The Morgan fingerprint density at radius 3 is 2.20 bits per heavy atom. The molecular weight excluding hydrogens is 635 g/mol. The van der Waals surface area contributed by atoms with E-state index in [1.165, 1.54) is 46.4 Å². The van der Waals surface area contributed by atoms with Crippen LogP contribution in [-0.4, -0.2) is 0 Å². The van der Waals surface area contributed by atoms with Gasteiger partial charge in [-0.1, -0.05) is 140 Å². The molecule has 0 saturated heterocycles. The highest BCUT2D eigenvalue weighted by Crippen LogP contribution is 2.44. The van der Waals surface area contributed by atoms with Crippen LogP contribution < -0.4 is 4.90 Å². The van der Waals surface area contributed by atoms with E-state index in [4.69, 9.17) is 0 Å². The third-order valence-corrected chi connectivity index (χ3v) is 11.2. The molecule has 51 heavy (non-hydrogen) atoms. The maximum Gasteiger partial charge on any atom is 0.0473 e. The first-order valence-electron chi connectivity index (χ1n) is 18.7. The molecule has 0 radical (unpaired) electrons. The van der Waals surface area contributed by atoms with Gasteiger partial charge in [-0.15, -0.1) is 0 Å². The normalized spacial score (nSPS) is 19.8. The third kappa shape index (κ3) is 10.0. The Bertz CT molecular complexity index is 1860. The van der Waals surface area contributed by atoms with Gasteiger partial charge in [0.2, 0.25) is 0 Å². The number of benzene rings is 3. The molecule has 0 aliphatic heterocycles. The quantitative estimate of drug-likeness (QED) is 0.0998. The lowest BCUT2D eigenvalue weighted by atomic mass is 9.70. The van der Waals surface area contributed by atoms with Crippen molar-refractivity contribution in [3.63, 3.8) is 0 Å². The van der Waals surface area contributed by atoms with Gasteiger partial charge in [0.15, 0.2) is 0 Å². The van der Waals surface area contributed by atoms with E-state index in [9.17, 15) is 0 Å². The highest BCUT2D eigenvalue weighted by molar-refractivity contribution is 8.03. The van der Waals surface area contributed by atoms with Gasteiger partial charge < -0.3 is 4.90 Å². The van der Waals surface area contributed by atoms with Crippen molar-refractivity contribution in [2.24, 2.45) is 11.8 Å². The van der Waals surface area contributed by atoms with Crippen LogP contribution in [0.5, 0.6) is 0 Å². The SMILES string of the molecule is C=C/C(=C\C=C/C)Sc1cc(N(c2ccc(C3=CCCC=C3)cc2)c2ccc(C(/C=C/C=C\C=C/C)C3CCC(C)C/C3=C/C)cc2)ccc1C. The van der Waals surface area contributed by atoms with Crippen molar-refractivity contribution in [1.82, 2.24) is 0 Å². The Labute approximate surface area is 313 Å². The summed E-state index contributed by atoms with van der Waals surface area (Å²) in [4.78, 5) is 4.75. The molecule has 0 aromatic heterocycles. The van der Waals surface area contributed by atoms with Crippen LogP contribution in [0.4, 0.5) is 17.1 Å². The third-order valence-electron chi connectivity index (χ3n) is 9.98. The second-order valence-corrected chi connectivity index (χ2v) is 14.8. The zero-order chi connectivity index (χ0) is 36.0. The van der Waals surface area contributed by atoms with Crippen LogP contribution in [0.2, 0.25) is 0 Å². The minimum atomic E-state index is 0.321. The lowest BCUT2D eigenvalue weighted by molar-refractivity contribution is 0.350. The minimum Gasteiger partial charge on any atom is -0.310 e. The standard InChI is InChI=1S/C49H55NS/c1-7-11-13-14-18-22-47(48-34-23-37(5)35-39(48)9-3)42-27-32-44(33-28-42)50(43-30-25-41(26-31-43)40-19-16-15-17-20-40)45-29-24-38(6)49(36-45)51-46(10-4)21-12-8-2/h7-14,16,18-22,24-33,36-37,47-48H,4,15,17,23,34-35H2,1-3,5-6H3/b11-7-,12-8-,14-13-,22-18+,39-9-,46-21+. The fraction of sp³-hybridized carbons (Fsp3) is 0.265. The molecule has 3 aromatic carbocycles. The monoisotopic (exact) mass is 689 g/mol. The van der Waals surface area contributed by atoms with Crippen molar-refractivity contribution in [2.75, 3.05) is 4.90 Å². The van der Waals surface area contributed by atoms with E-state index >= 15 is 0 Å². The fourth-order valence-electron chi connectivity index (χ4n) is 7.17.